The van der Waals surface area contributed by atoms with E-state index in [2.05, 4.69) is 39.8 Å². The van der Waals surface area contributed by atoms with Crippen LogP contribution in [0, 0.1) is 10.5 Å². The van der Waals surface area contributed by atoms with E-state index in [1.165, 1.54) is 6.92 Å². The second-order valence-corrected chi connectivity index (χ2v) is 4.64. The van der Waals surface area contributed by atoms with E-state index in [4.69, 9.17) is 0 Å². The second-order valence-electron chi connectivity index (χ2n) is 3.48. The highest BCUT2D eigenvalue weighted by atomic mass is 127. The van der Waals surface area contributed by atoms with Gasteiger partial charge in [0.05, 0.1) is 9.26 Å². The minimum atomic E-state index is -0.0316. The van der Waals surface area contributed by atoms with Crippen LogP contribution in [-0.4, -0.2) is 10.9 Å². The molecule has 0 radical (unpaired) electrons. The summed E-state index contributed by atoms with van der Waals surface area (Å²) in [6.45, 7) is 5.63. The highest BCUT2D eigenvalue weighted by Gasteiger charge is 2.11. The Morgan fingerprint density at radius 2 is 2.27 bits per heavy atom. The number of pyridine rings is 1. The Labute approximate surface area is 104 Å². The molecule has 0 saturated carbocycles. The predicted molar refractivity (Wildman–Crippen MR) is 70.0 cm³/mol. The van der Waals surface area contributed by atoms with Gasteiger partial charge in [0.1, 0.15) is 0 Å². The molecular weight excluding hydrogens is 303 g/mol. The summed E-state index contributed by atoms with van der Waals surface area (Å²) in [5.74, 6) is -0.0316. The van der Waals surface area contributed by atoms with E-state index < -0.39 is 0 Å². The monoisotopic (exact) mass is 318 g/mol. The van der Waals surface area contributed by atoms with Crippen molar-refractivity contribution in [2.24, 2.45) is 0 Å². The lowest BCUT2D eigenvalue weighted by molar-refractivity contribution is -0.114. The molecule has 0 aliphatic carbocycles. The summed E-state index contributed by atoms with van der Waals surface area (Å²) in [5.41, 5.74) is 3.08. The van der Waals surface area contributed by atoms with Crippen molar-refractivity contribution >= 4 is 34.2 Å². The van der Waals surface area contributed by atoms with Gasteiger partial charge in [-0.3, -0.25) is 9.78 Å². The minimum absolute atomic E-state index is 0.0316. The number of carbonyl (C=O) groups is 1. The van der Waals surface area contributed by atoms with Crippen LogP contribution in [0.1, 0.15) is 31.5 Å². The zero-order valence-electron chi connectivity index (χ0n) is 9.22. The smallest absolute Gasteiger partial charge is 0.221 e. The zero-order valence-corrected chi connectivity index (χ0v) is 11.4. The van der Waals surface area contributed by atoms with Gasteiger partial charge in [-0.15, -0.1) is 0 Å². The molecule has 0 spiro atoms. The predicted octanol–water partition coefficient (Wildman–Crippen LogP) is 2.91. The van der Waals surface area contributed by atoms with Crippen LogP contribution in [0.15, 0.2) is 6.20 Å². The molecule has 4 heteroatoms. The van der Waals surface area contributed by atoms with E-state index in [9.17, 15) is 4.79 Å². The number of hydrogen-bond acceptors (Lipinski definition) is 2. The van der Waals surface area contributed by atoms with E-state index >= 15 is 0 Å². The van der Waals surface area contributed by atoms with Crippen molar-refractivity contribution in [3.63, 3.8) is 0 Å². The van der Waals surface area contributed by atoms with E-state index in [0.717, 1.165) is 33.4 Å². The molecule has 1 heterocycles. The Bertz CT molecular complexity index is 377. The standard InChI is InChI=1S/C11H15IN2O/c1-4-5-9-7(2)13-6-10(12)11(9)14-8(3)15/h6H,4-5H2,1-3H3,(H,13,14,15). The molecule has 3 nitrogen and oxygen atoms in total. The third kappa shape index (κ3) is 3.15. The van der Waals surface area contributed by atoms with Gasteiger partial charge >= 0.3 is 0 Å². The van der Waals surface area contributed by atoms with Crippen molar-refractivity contribution in [3.8, 4) is 0 Å². The Morgan fingerprint density at radius 1 is 1.60 bits per heavy atom. The van der Waals surface area contributed by atoms with Crippen LogP contribution in [0.5, 0.6) is 0 Å². The Kier molecular flexibility index (Phi) is 4.50. The van der Waals surface area contributed by atoms with E-state index in [1.54, 1.807) is 6.20 Å². The molecule has 82 valence electrons. The van der Waals surface area contributed by atoms with Gasteiger partial charge in [0.15, 0.2) is 0 Å². The fourth-order valence-corrected chi connectivity index (χ4v) is 2.09. The topological polar surface area (TPSA) is 42.0 Å². The SMILES string of the molecule is CCCc1c(C)ncc(I)c1NC(C)=O. The number of aryl methyl sites for hydroxylation is 1. The first-order valence-electron chi connectivity index (χ1n) is 4.97. The number of anilines is 1. The maximum Gasteiger partial charge on any atom is 0.221 e. The third-order valence-electron chi connectivity index (χ3n) is 2.15. The van der Waals surface area contributed by atoms with Gasteiger partial charge in [0.2, 0.25) is 5.91 Å². The van der Waals surface area contributed by atoms with Gasteiger partial charge < -0.3 is 5.32 Å². The molecule has 1 amide bonds. The van der Waals surface area contributed by atoms with Crippen molar-refractivity contribution in [3.05, 3.63) is 21.0 Å². The van der Waals surface area contributed by atoms with Crippen molar-refractivity contribution < 1.29 is 4.79 Å². The van der Waals surface area contributed by atoms with Gasteiger partial charge in [0, 0.05) is 18.8 Å². The molecule has 1 rings (SSSR count). The van der Waals surface area contributed by atoms with Crippen LogP contribution >= 0.6 is 22.6 Å². The normalized spacial score (nSPS) is 10.1. The number of rotatable bonds is 3. The first-order chi connectivity index (χ1) is 7.06. The number of carbonyl (C=O) groups excluding carboxylic acids is 1. The maximum atomic E-state index is 11.1. The van der Waals surface area contributed by atoms with Gasteiger partial charge in [-0.2, -0.15) is 0 Å². The summed E-state index contributed by atoms with van der Waals surface area (Å²) in [7, 11) is 0. The first kappa shape index (κ1) is 12.4. The molecule has 0 saturated heterocycles. The van der Waals surface area contributed by atoms with Gasteiger partial charge in [-0.05, 0) is 41.5 Å². The number of hydrogen-bond donors (Lipinski definition) is 1. The lowest BCUT2D eigenvalue weighted by Gasteiger charge is -2.13. The van der Waals surface area contributed by atoms with Crippen LogP contribution in [-0.2, 0) is 11.2 Å². The van der Waals surface area contributed by atoms with Crippen LogP contribution in [0.25, 0.3) is 0 Å². The quantitative estimate of drug-likeness (QED) is 0.871. The van der Waals surface area contributed by atoms with Gasteiger partial charge in [-0.25, -0.2) is 0 Å². The number of nitrogens with zero attached hydrogens (tertiary/aromatic N) is 1. The molecule has 0 aliphatic heterocycles. The summed E-state index contributed by atoms with van der Waals surface area (Å²) in [6, 6.07) is 0. The largest absolute Gasteiger partial charge is 0.325 e. The minimum Gasteiger partial charge on any atom is -0.325 e. The van der Waals surface area contributed by atoms with Crippen molar-refractivity contribution in [1.29, 1.82) is 0 Å². The van der Waals surface area contributed by atoms with Gasteiger partial charge in [0.25, 0.3) is 0 Å². The first-order valence-corrected chi connectivity index (χ1v) is 6.05. The molecule has 0 atom stereocenters. The highest BCUT2D eigenvalue weighted by Crippen LogP contribution is 2.25. The number of amides is 1. The van der Waals surface area contributed by atoms with Crippen molar-refractivity contribution in [2.45, 2.75) is 33.6 Å². The fourth-order valence-electron chi connectivity index (χ4n) is 1.49. The molecule has 0 bridgehead atoms. The highest BCUT2D eigenvalue weighted by molar-refractivity contribution is 14.1. The Morgan fingerprint density at radius 3 is 2.80 bits per heavy atom. The number of halogens is 1. The number of aromatic nitrogens is 1. The van der Waals surface area contributed by atoms with Crippen molar-refractivity contribution in [2.75, 3.05) is 5.32 Å². The molecule has 1 aromatic heterocycles. The molecule has 15 heavy (non-hydrogen) atoms. The molecular formula is C11H15IN2O. The number of nitrogens with one attached hydrogen (secondary N) is 1. The Balaban J connectivity index is 3.18. The molecule has 1 aromatic rings. The lowest BCUT2D eigenvalue weighted by Crippen LogP contribution is -2.11. The zero-order chi connectivity index (χ0) is 11.4. The van der Waals surface area contributed by atoms with Crippen LogP contribution in [0.4, 0.5) is 5.69 Å². The molecule has 0 fully saturated rings. The van der Waals surface area contributed by atoms with E-state index in [-0.39, 0.29) is 5.91 Å². The summed E-state index contributed by atoms with van der Waals surface area (Å²) >= 11 is 2.20. The molecule has 1 N–H and O–H groups in total. The van der Waals surface area contributed by atoms with Crippen LogP contribution in [0.2, 0.25) is 0 Å². The third-order valence-corrected chi connectivity index (χ3v) is 2.97. The molecule has 0 aliphatic rings. The van der Waals surface area contributed by atoms with Crippen LogP contribution in [0.3, 0.4) is 0 Å². The molecule has 0 unspecified atom stereocenters. The summed E-state index contributed by atoms with van der Waals surface area (Å²) in [4.78, 5) is 15.4. The molecule has 0 aromatic carbocycles. The maximum absolute atomic E-state index is 11.1. The second kappa shape index (κ2) is 5.44. The van der Waals surface area contributed by atoms with Gasteiger partial charge in [-0.1, -0.05) is 13.3 Å². The van der Waals surface area contributed by atoms with E-state index in [1.807, 2.05) is 6.92 Å². The van der Waals surface area contributed by atoms with E-state index in [0.29, 0.717) is 0 Å². The average Bonchev–Trinajstić information content (AvgIpc) is 2.17. The summed E-state index contributed by atoms with van der Waals surface area (Å²) in [5, 5.41) is 2.88. The summed E-state index contributed by atoms with van der Waals surface area (Å²) < 4.78 is 0.997. The fraction of sp³-hybridized carbons (Fsp3) is 0.455. The summed E-state index contributed by atoms with van der Waals surface area (Å²) in [6.07, 6.45) is 3.79. The Hall–Kier alpha value is -0.650. The lowest BCUT2D eigenvalue weighted by atomic mass is 10.1. The van der Waals surface area contributed by atoms with Crippen LogP contribution < -0.4 is 5.32 Å². The average molecular weight is 318 g/mol. The van der Waals surface area contributed by atoms with Crippen molar-refractivity contribution in [1.82, 2.24) is 4.98 Å².